The van der Waals surface area contributed by atoms with E-state index in [-0.39, 0.29) is 5.75 Å². The zero-order valence-electron chi connectivity index (χ0n) is 7.10. The molecule has 4 heteroatoms. The Labute approximate surface area is 74.5 Å². The Morgan fingerprint density at radius 3 is 3.00 bits per heavy atom. The van der Waals surface area contributed by atoms with Gasteiger partial charge in [0.1, 0.15) is 12.3 Å². The predicted molar refractivity (Wildman–Crippen MR) is 45.2 cm³/mol. The Balaban J connectivity index is 2.38. The molecule has 0 saturated heterocycles. The standard InChI is InChI=1S/C9H9F2NO/c1-6-2-3-7-8(4-6)13-9(10,11)5-12-7/h2-4,12H,5H2,1H3. The van der Waals surface area contributed by atoms with Gasteiger partial charge in [0, 0.05) is 0 Å². The van der Waals surface area contributed by atoms with Gasteiger partial charge in [0.25, 0.3) is 0 Å². The van der Waals surface area contributed by atoms with Gasteiger partial charge < -0.3 is 10.1 Å². The van der Waals surface area contributed by atoms with Crippen molar-refractivity contribution in [3.8, 4) is 5.75 Å². The zero-order valence-corrected chi connectivity index (χ0v) is 7.10. The van der Waals surface area contributed by atoms with E-state index in [2.05, 4.69) is 10.1 Å². The Morgan fingerprint density at radius 1 is 1.46 bits per heavy atom. The molecular formula is C9H9F2NO. The number of anilines is 1. The summed E-state index contributed by atoms with van der Waals surface area (Å²) < 4.78 is 30.0. The summed E-state index contributed by atoms with van der Waals surface area (Å²) in [5, 5.41) is 2.61. The fourth-order valence-electron chi connectivity index (χ4n) is 1.26. The van der Waals surface area contributed by atoms with Crippen LogP contribution in [0.25, 0.3) is 0 Å². The minimum atomic E-state index is -3.10. The summed E-state index contributed by atoms with van der Waals surface area (Å²) in [4.78, 5) is 0. The van der Waals surface area contributed by atoms with Crippen molar-refractivity contribution in [2.75, 3.05) is 11.9 Å². The average Bonchev–Trinajstić information content (AvgIpc) is 2.01. The number of alkyl halides is 2. The third kappa shape index (κ3) is 1.56. The Hall–Kier alpha value is -1.32. The molecule has 0 amide bonds. The Bertz CT molecular complexity index is 338. The molecule has 70 valence electrons. The van der Waals surface area contributed by atoms with E-state index in [1.54, 1.807) is 12.1 Å². The van der Waals surface area contributed by atoms with Crippen LogP contribution < -0.4 is 10.1 Å². The molecule has 0 radical (unpaired) electrons. The molecule has 0 fully saturated rings. The number of rotatable bonds is 0. The molecule has 1 aromatic rings. The number of aryl methyl sites for hydroxylation is 1. The molecule has 1 aliphatic heterocycles. The van der Waals surface area contributed by atoms with Crippen LogP contribution in [-0.4, -0.2) is 12.7 Å². The van der Waals surface area contributed by atoms with Gasteiger partial charge in [-0.05, 0) is 24.6 Å². The molecule has 1 aliphatic rings. The molecule has 0 unspecified atom stereocenters. The summed E-state index contributed by atoms with van der Waals surface area (Å²) in [6.45, 7) is 1.36. The molecule has 2 rings (SSSR count). The van der Waals surface area contributed by atoms with E-state index in [9.17, 15) is 8.78 Å². The highest BCUT2D eigenvalue weighted by atomic mass is 19.3. The minimum absolute atomic E-state index is 0.219. The van der Waals surface area contributed by atoms with Crippen molar-refractivity contribution in [3.63, 3.8) is 0 Å². The van der Waals surface area contributed by atoms with Crippen molar-refractivity contribution in [1.29, 1.82) is 0 Å². The molecule has 1 N–H and O–H groups in total. The van der Waals surface area contributed by atoms with Crippen LogP contribution in [0, 0.1) is 6.92 Å². The van der Waals surface area contributed by atoms with E-state index in [0.717, 1.165) is 5.56 Å². The summed E-state index contributed by atoms with van der Waals surface area (Å²) in [5.74, 6) is 0.219. The Kier molecular flexibility index (Phi) is 1.65. The monoisotopic (exact) mass is 185 g/mol. The highest BCUT2D eigenvalue weighted by molar-refractivity contribution is 5.59. The molecule has 13 heavy (non-hydrogen) atoms. The molecule has 0 bridgehead atoms. The molecule has 0 aliphatic carbocycles. The summed E-state index contributed by atoms with van der Waals surface area (Å²) in [7, 11) is 0. The van der Waals surface area contributed by atoms with Crippen LogP contribution in [0.1, 0.15) is 5.56 Å². The molecule has 1 heterocycles. The van der Waals surface area contributed by atoms with E-state index >= 15 is 0 Å². The molecular weight excluding hydrogens is 176 g/mol. The van der Waals surface area contributed by atoms with Gasteiger partial charge in [-0.1, -0.05) is 6.07 Å². The largest absolute Gasteiger partial charge is 0.429 e. The lowest BCUT2D eigenvalue weighted by Gasteiger charge is -2.26. The van der Waals surface area contributed by atoms with Crippen LogP contribution in [0.5, 0.6) is 5.75 Å². The SMILES string of the molecule is Cc1ccc2c(c1)OC(F)(F)CN2. The predicted octanol–water partition coefficient (Wildman–Crippen LogP) is 2.39. The third-order valence-corrected chi connectivity index (χ3v) is 1.88. The molecule has 0 atom stereocenters. The fraction of sp³-hybridized carbons (Fsp3) is 0.333. The minimum Gasteiger partial charge on any atom is -0.429 e. The Morgan fingerprint density at radius 2 is 2.23 bits per heavy atom. The van der Waals surface area contributed by atoms with Gasteiger partial charge in [-0.2, -0.15) is 8.78 Å². The number of hydrogen-bond donors (Lipinski definition) is 1. The summed E-state index contributed by atoms with van der Waals surface area (Å²) in [6, 6.07) is 5.17. The van der Waals surface area contributed by atoms with Gasteiger partial charge >= 0.3 is 6.11 Å². The van der Waals surface area contributed by atoms with Crippen molar-refractivity contribution in [2.45, 2.75) is 13.0 Å². The number of ether oxygens (including phenoxy) is 1. The molecule has 0 spiro atoms. The average molecular weight is 185 g/mol. The molecule has 2 nitrogen and oxygen atoms in total. The smallest absolute Gasteiger partial charge is 0.415 e. The summed E-state index contributed by atoms with van der Waals surface area (Å²) in [6.07, 6.45) is -3.10. The maximum absolute atomic E-state index is 12.7. The summed E-state index contributed by atoms with van der Waals surface area (Å²) >= 11 is 0. The van der Waals surface area contributed by atoms with E-state index in [1.807, 2.05) is 13.0 Å². The summed E-state index contributed by atoms with van der Waals surface area (Å²) in [5.41, 5.74) is 1.52. The van der Waals surface area contributed by atoms with E-state index in [0.29, 0.717) is 5.69 Å². The normalized spacial score (nSPS) is 18.4. The van der Waals surface area contributed by atoms with Gasteiger partial charge in [0.15, 0.2) is 0 Å². The van der Waals surface area contributed by atoms with Crippen molar-refractivity contribution in [3.05, 3.63) is 23.8 Å². The van der Waals surface area contributed by atoms with Crippen LogP contribution in [-0.2, 0) is 0 Å². The number of fused-ring (bicyclic) bond motifs is 1. The molecule has 0 saturated carbocycles. The van der Waals surface area contributed by atoms with Crippen molar-refractivity contribution >= 4 is 5.69 Å². The van der Waals surface area contributed by atoms with Gasteiger partial charge in [0.05, 0.1) is 5.69 Å². The van der Waals surface area contributed by atoms with E-state index < -0.39 is 12.7 Å². The highest BCUT2D eigenvalue weighted by Crippen LogP contribution is 2.34. The number of halogens is 2. The van der Waals surface area contributed by atoms with Gasteiger partial charge in [-0.3, -0.25) is 0 Å². The molecule has 0 aromatic heterocycles. The van der Waals surface area contributed by atoms with Gasteiger partial charge in [0.2, 0.25) is 0 Å². The second-order valence-corrected chi connectivity index (χ2v) is 3.09. The second-order valence-electron chi connectivity index (χ2n) is 3.09. The third-order valence-electron chi connectivity index (χ3n) is 1.88. The van der Waals surface area contributed by atoms with E-state index in [4.69, 9.17) is 0 Å². The maximum atomic E-state index is 12.7. The lowest BCUT2D eigenvalue weighted by Crippen LogP contribution is -2.37. The maximum Gasteiger partial charge on any atom is 0.415 e. The van der Waals surface area contributed by atoms with Crippen LogP contribution >= 0.6 is 0 Å². The quantitative estimate of drug-likeness (QED) is 0.670. The second kappa shape index (κ2) is 2.58. The lowest BCUT2D eigenvalue weighted by molar-refractivity contribution is -0.166. The first-order valence-corrected chi connectivity index (χ1v) is 3.98. The van der Waals surface area contributed by atoms with E-state index in [1.165, 1.54) is 0 Å². The van der Waals surface area contributed by atoms with Gasteiger partial charge in [-0.25, -0.2) is 0 Å². The molecule has 1 aromatic carbocycles. The number of hydrogen-bond acceptors (Lipinski definition) is 2. The van der Waals surface area contributed by atoms with Crippen molar-refractivity contribution < 1.29 is 13.5 Å². The fourth-order valence-corrected chi connectivity index (χ4v) is 1.26. The van der Waals surface area contributed by atoms with Crippen LogP contribution in [0.4, 0.5) is 14.5 Å². The van der Waals surface area contributed by atoms with Crippen molar-refractivity contribution in [1.82, 2.24) is 0 Å². The van der Waals surface area contributed by atoms with Crippen LogP contribution in [0.3, 0.4) is 0 Å². The zero-order chi connectivity index (χ0) is 9.47. The highest BCUT2D eigenvalue weighted by Gasteiger charge is 2.35. The van der Waals surface area contributed by atoms with Gasteiger partial charge in [-0.15, -0.1) is 0 Å². The van der Waals surface area contributed by atoms with Crippen LogP contribution in [0.2, 0.25) is 0 Å². The first kappa shape index (κ1) is 8.29. The lowest BCUT2D eigenvalue weighted by atomic mass is 10.2. The first-order valence-electron chi connectivity index (χ1n) is 3.98. The topological polar surface area (TPSA) is 21.3 Å². The van der Waals surface area contributed by atoms with Crippen LogP contribution in [0.15, 0.2) is 18.2 Å². The number of nitrogens with one attached hydrogen (secondary N) is 1. The van der Waals surface area contributed by atoms with Crippen molar-refractivity contribution in [2.24, 2.45) is 0 Å². The number of benzene rings is 1. The first-order chi connectivity index (χ1) is 6.07.